The fraction of sp³-hybridized carbons (Fsp3) is 0.231. The molecule has 0 N–H and O–H groups in total. The van der Waals surface area contributed by atoms with E-state index in [0.29, 0.717) is 0 Å². The highest BCUT2D eigenvalue weighted by atomic mass is 32.1. The summed E-state index contributed by atoms with van der Waals surface area (Å²) in [6.07, 6.45) is 0. The molecule has 2 rings (SSSR count). The predicted molar refractivity (Wildman–Crippen MR) is 62.8 cm³/mol. The van der Waals surface area contributed by atoms with Crippen molar-refractivity contribution in [3.05, 3.63) is 58.0 Å². The van der Waals surface area contributed by atoms with Crippen LogP contribution in [0.5, 0.6) is 0 Å². The van der Waals surface area contributed by atoms with Gasteiger partial charge in [0.1, 0.15) is 5.82 Å². The Morgan fingerprint density at radius 1 is 1.07 bits per heavy atom. The molecule has 1 aromatic heterocycles. The first kappa shape index (κ1) is 10.4. The molecule has 78 valence electrons. The van der Waals surface area contributed by atoms with Crippen LogP contribution in [0.15, 0.2) is 41.8 Å². The Balaban J connectivity index is 2.41. The molecule has 15 heavy (non-hydrogen) atoms. The second kappa shape index (κ2) is 3.78. The predicted octanol–water partition coefficient (Wildman–Crippen LogP) is 4.21. The Bertz CT molecular complexity index is 426. The molecule has 0 aliphatic carbocycles. The van der Waals surface area contributed by atoms with Crippen molar-refractivity contribution < 1.29 is 4.39 Å². The Morgan fingerprint density at radius 2 is 1.73 bits per heavy atom. The summed E-state index contributed by atoms with van der Waals surface area (Å²) < 4.78 is 12.8. The average Bonchev–Trinajstić information content (AvgIpc) is 2.71. The lowest BCUT2D eigenvalue weighted by Crippen LogP contribution is -2.16. The van der Waals surface area contributed by atoms with Crippen LogP contribution in [0.1, 0.15) is 24.3 Å². The van der Waals surface area contributed by atoms with Crippen molar-refractivity contribution in [2.45, 2.75) is 19.3 Å². The number of benzene rings is 1. The van der Waals surface area contributed by atoms with Gasteiger partial charge in [0, 0.05) is 10.3 Å². The highest BCUT2D eigenvalue weighted by Crippen LogP contribution is 2.34. The molecule has 0 amide bonds. The monoisotopic (exact) mass is 220 g/mol. The SMILES string of the molecule is CC(C)(c1ccc(F)cc1)c1cccs1. The van der Waals surface area contributed by atoms with E-state index in [1.54, 1.807) is 11.3 Å². The molecule has 0 saturated heterocycles. The fourth-order valence-electron chi connectivity index (χ4n) is 1.64. The topological polar surface area (TPSA) is 0 Å². The smallest absolute Gasteiger partial charge is 0.123 e. The third-order valence-electron chi connectivity index (χ3n) is 2.70. The first-order valence-corrected chi connectivity index (χ1v) is 5.79. The van der Waals surface area contributed by atoms with E-state index >= 15 is 0 Å². The zero-order valence-electron chi connectivity index (χ0n) is 8.83. The van der Waals surface area contributed by atoms with Crippen LogP contribution in [-0.2, 0) is 5.41 Å². The van der Waals surface area contributed by atoms with E-state index in [-0.39, 0.29) is 11.2 Å². The van der Waals surface area contributed by atoms with E-state index in [2.05, 4.69) is 25.3 Å². The molecule has 0 aliphatic rings. The number of hydrogen-bond acceptors (Lipinski definition) is 1. The van der Waals surface area contributed by atoms with Crippen LogP contribution in [0.4, 0.5) is 4.39 Å². The standard InChI is InChI=1S/C13H13FS/c1-13(2,12-4-3-9-15-12)10-5-7-11(14)8-6-10/h3-9H,1-2H3. The maximum atomic E-state index is 12.8. The van der Waals surface area contributed by atoms with Gasteiger partial charge < -0.3 is 0 Å². The molecule has 0 atom stereocenters. The first-order chi connectivity index (χ1) is 7.10. The molecule has 2 aromatic rings. The average molecular weight is 220 g/mol. The zero-order chi connectivity index (χ0) is 10.9. The van der Waals surface area contributed by atoms with Gasteiger partial charge >= 0.3 is 0 Å². The first-order valence-electron chi connectivity index (χ1n) is 4.91. The summed E-state index contributed by atoms with van der Waals surface area (Å²) in [4.78, 5) is 1.30. The molecular formula is C13H13FS. The third kappa shape index (κ3) is 1.95. The lowest BCUT2D eigenvalue weighted by Gasteiger charge is -2.23. The maximum Gasteiger partial charge on any atom is 0.123 e. The number of thiophene rings is 1. The van der Waals surface area contributed by atoms with Crippen LogP contribution < -0.4 is 0 Å². The van der Waals surface area contributed by atoms with Crippen molar-refractivity contribution in [2.24, 2.45) is 0 Å². The normalized spacial score (nSPS) is 11.7. The van der Waals surface area contributed by atoms with E-state index in [0.717, 1.165) is 5.56 Å². The van der Waals surface area contributed by atoms with Crippen molar-refractivity contribution in [3.8, 4) is 0 Å². The highest BCUT2D eigenvalue weighted by Gasteiger charge is 2.23. The van der Waals surface area contributed by atoms with Crippen LogP contribution in [0.25, 0.3) is 0 Å². The summed E-state index contributed by atoms with van der Waals surface area (Å²) in [6, 6.07) is 10.9. The lowest BCUT2D eigenvalue weighted by molar-refractivity contribution is 0.617. The molecule has 0 bridgehead atoms. The summed E-state index contributed by atoms with van der Waals surface area (Å²) in [7, 11) is 0. The molecule has 0 spiro atoms. The van der Waals surface area contributed by atoms with E-state index in [1.165, 1.54) is 17.0 Å². The number of rotatable bonds is 2. The largest absolute Gasteiger partial charge is 0.207 e. The van der Waals surface area contributed by atoms with Gasteiger partial charge in [0.2, 0.25) is 0 Å². The fourth-order valence-corrected chi connectivity index (χ4v) is 2.52. The molecule has 0 aliphatic heterocycles. The Labute approximate surface area is 93.4 Å². The minimum absolute atomic E-state index is 0.0398. The molecule has 0 radical (unpaired) electrons. The van der Waals surface area contributed by atoms with Crippen molar-refractivity contribution in [1.29, 1.82) is 0 Å². The van der Waals surface area contributed by atoms with E-state index in [4.69, 9.17) is 0 Å². The van der Waals surface area contributed by atoms with Gasteiger partial charge in [-0.15, -0.1) is 11.3 Å². The number of halogens is 1. The zero-order valence-corrected chi connectivity index (χ0v) is 9.64. The van der Waals surface area contributed by atoms with Crippen LogP contribution in [0.3, 0.4) is 0 Å². The molecule has 0 fully saturated rings. The molecule has 0 nitrogen and oxygen atoms in total. The Hall–Kier alpha value is -1.15. The molecule has 0 saturated carbocycles. The van der Waals surface area contributed by atoms with Gasteiger partial charge in [0.15, 0.2) is 0 Å². The van der Waals surface area contributed by atoms with Gasteiger partial charge in [0.05, 0.1) is 0 Å². The van der Waals surface area contributed by atoms with Crippen LogP contribution in [0, 0.1) is 5.82 Å². The third-order valence-corrected chi connectivity index (χ3v) is 3.90. The van der Waals surface area contributed by atoms with Crippen LogP contribution in [0.2, 0.25) is 0 Å². The van der Waals surface area contributed by atoms with Crippen molar-refractivity contribution >= 4 is 11.3 Å². The molecule has 0 unspecified atom stereocenters. The minimum atomic E-state index is -0.180. The summed E-state index contributed by atoms with van der Waals surface area (Å²) in [5.74, 6) is -0.180. The Kier molecular flexibility index (Phi) is 2.61. The van der Waals surface area contributed by atoms with Gasteiger partial charge in [-0.05, 0) is 29.1 Å². The van der Waals surface area contributed by atoms with Gasteiger partial charge in [-0.2, -0.15) is 0 Å². The van der Waals surface area contributed by atoms with Gasteiger partial charge in [-0.3, -0.25) is 0 Å². The summed E-state index contributed by atoms with van der Waals surface area (Å²) in [5, 5.41) is 2.07. The van der Waals surface area contributed by atoms with E-state index < -0.39 is 0 Å². The quantitative estimate of drug-likeness (QED) is 0.711. The molecular weight excluding hydrogens is 207 g/mol. The highest BCUT2D eigenvalue weighted by molar-refractivity contribution is 7.10. The van der Waals surface area contributed by atoms with Crippen molar-refractivity contribution in [2.75, 3.05) is 0 Å². The maximum absolute atomic E-state index is 12.8. The molecule has 1 aromatic carbocycles. The van der Waals surface area contributed by atoms with E-state index in [1.807, 2.05) is 18.2 Å². The molecule has 2 heteroatoms. The second-order valence-corrected chi connectivity index (χ2v) is 5.06. The van der Waals surface area contributed by atoms with Crippen molar-refractivity contribution in [1.82, 2.24) is 0 Å². The second-order valence-electron chi connectivity index (χ2n) is 4.11. The van der Waals surface area contributed by atoms with Crippen LogP contribution in [-0.4, -0.2) is 0 Å². The van der Waals surface area contributed by atoms with Crippen molar-refractivity contribution in [3.63, 3.8) is 0 Å². The van der Waals surface area contributed by atoms with E-state index in [9.17, 15) is 4.39 Å². The summed E-state index contributed by atoms with van der Waals surface area (Å²) >= 11 is 1.74. The molecule has 1 heterocycles. The number of hydrogen-bond donors (Lipinski definition) is 0. The Morgan fingerprint density at radius 3 is 2.27 bits per heavy atom. The summed E-state index contributed by atoms with van der Waals surface area (Å²) in [5.41, 5.74) is 1.10. The minimum Gasteiger partial charge on any atom is -0.207 e. The van der Waals surface area contributed by atoms with Crippen LogP contribution >= 0.6 is 11.3 Å². The van der Waals surface area contributed by atoms with Gasteiger partial charge in [-0.1, -0.05) is 32.0 Å². The van der Waals surface area contributed by atoms with Gasteiger partial charge in [0.25, 0.3) is 0 Å². The van der Waals surface area contributed by atoms with Gasteiger partial charge in [-0.25, -0.2) is 4.39 Å². The summed E-state index contributed by atoms with van der Waals surface area (Å²) in [6.45, 7) is 4.32. The lowest BCUT2D eigenvalue weighted by atomic mass is 9.83.